The van der Waals surface area contributed by atoms with Crippen LogP contribution in [0.4, 0.5) is 4.39 Å². The summed E-state index contributed by atoms with van der Waals surface area (Å²) < 4.78 is 15.3. The van der Waals surface area contributed by atoms with Crippen LogP contribution in [-0.4, -0.2) is 4.57 Å². The lowest BCUT2D eigenvalue weighted by atomic mass is 10.1. The Labute approximate surface area is 105 Å². The van der Waals surface area contributed by atoms with Gasteiger partial charge in [0.25, 0.3) is 0 Å². The molecule has 1 aromatic heterocycles. The van der Waals surface area contributed by atoms with Crippen LogP contribution in [0, 0.1) is 5.82 Å². The summed E-state index contributed by atoms with van der Waals surface area (Å²) in [6.45, 7) is 0.916. The normalized spacial score (nSPS) is 10.9. The lowest BCUT2D eigenvalue weighted by molar-refractivity contribution is 0.629. The number of hydrogen-bond donors (Lipinski definition) is 0. The van der Waals surface area contributed by atoms with Gasteiger partial charge in [0.1, 0.15) is 5.82 Å². The molecule has 0 spiro atoms. The average molecular weight is 239 g/mol. The standard InChI is InChI=1S/C16H14FN/c17-15-6-7-16-14(12-15)9-11-18(16)10-8-13-4-2-1-3-5-13/h1-7,9,11-12H,8,10H2. The Hall–Kier alpha value is -2.09. The van der Waals surface area contributed by atoms with E-state index in [-0.39, 0.29) is 5.82 Å². The zero-order valence-electron chi connectivity index (χ0n) is 10.0. The molecule has 0 bridgehead atoms. The summed E-state index contributed by atoms with van der Waals surface area (Å²) in [4.78, 5) is 0. The highest BCUT2D eigenvalue weighted by atomic mass is 19.1. The van der Waals surface area contributed by atoms with E-state index in [2.05, 4.69) is 28.8 Å². The first-order valence-electron chi connectivity index (χ1n) is 6.11. The Morgan fingerprint density at radius 2 is 1.78 bits per heavy atom. The first-order valence-corrected chi connectivity index (χ1v) is 6.11. The fourth-order valence-electron chi connectivity index (χ4n) is 2.26. The summed E-state index contributed by atoms with van der Waals surface area (Å²) in [7, 11) is 0. The van der Waals surface area contributed by atoms with E-state index in [1.807, 2.05) is 24.4 Å². The number of nitrogens with zero attached hydrogens (tertiary/aromatic N) is 1. The molecule has 0 unspecified atom stereocenters. The second-order valence-corrected chi connectivity index (χ2v) is 4.45. The Kier molecular flexibility index (Phi) is 2.85. The Balaban J connectivity index is 1.83. The number of rotatable bonds is 3. The van der Waals surface area contributed by atoms with Crippen molar-refractivity contribution in [3.8, 4) is 0 Å². The molecule has 3 aromatic rings. The molecule has 0 saturated carbocycles. The quantitative estimate of drug-likeness (QED) is 0.650. The van der Waals surface area contributed by atoms with Crippen LogP contribution in [-0.2, 0) is 13.0 Å². The van der Waals surface area contributed by atoms with Gasteiger partial charge in [-0.2, -0.15) is 0 Å². The van der Waals surface area contributed by atoms with Gasteiger partial charge in [-0.25, -0.2) is 4.39 Å². The van der Waals surface area contributed by atoms with Gasteiger partial charge < -0.3 is 4.57 Å². The van der Waals surface area contributed by atoms with Crippen molar-refractivity contribution >= 4 is 10.9 Å². The fourth-order valence-corrected chi connectivity index (χ4v) is 2.26. The van der Waals surface area contributed by atoms with Crippen molar-refractivity contribution in [3.05, 3.63) is 72.2 Å². The second kappa shape index (κ2) is 4.65. The number of aryl methyl sites for hydroxylation is 2. The minimum Gasteiger partial charge on any atom is -0.347 e. The first kappa shape index (κ1) is 11.0. The monoisotopic (exact) mass is 239 g/mol. The average Bonchev–Trinajstić information content (AvgIpc) is 2.80. The summed E-state index contributed by atoms with van der Waals surface area (Å²) >= 11 is 0. The fraction of sp³-hybridized carbons (Fsp3) is 0.125. The molecule has 0 N–H and O–H groups in total. The number of halogens is 1. The van der Waals surface area contributed by atoms with Crippen LogP contribution in [0.3, 0.4) is 0 Å². The third-order valence-electron chi connectivity index (χ3n) is 3.22. The van der Waals surface area contributed by atoms with Crippen LogP contribution >= 0.6 is 0 Å². The maximum Gasteiger partial charge on any atom is 0.123 e. The lowest BCUT2D eigenvalue weighted by Gasteiger charge is -2.05. The molecule has 3 rings (SSSR count). The van der Waals surface area contributed by atoms with Gasteiger partial charge >= 0.3 is 0 Å². The number of fused-ring (bicyclic) bond motifs is 1. The van der Waals surface area contributed by atoms with E-state index in [1.165, 1.54) is 11.6 Å². The van der Waals surface area contributed by atoms with Gasteiger partial charge in [-0.3, -0.25) is 0 Å². The van der Waals surface area contributed by atoms with E-state index >= 15 is 0 Å². The lowest BCUT2D eigenvalue weighted by Crippen LogP contribution is -1.99. The van der Waals surface area contributed by atoms with Crippen LogP contribution in [0.25, 0.3) is 10.9 Å². The Morgan fingerprint density at radius 3 is 2.61 bits per heavy atom. The molecule has 0 fully saturated rings. The molecule has 90 valence electrons. The zero-order chi connectivity index (χ0) is 12.4. The highest BCUT2D eigenvalue weighted by molar-refractivity contribution is 5.80. The van der Waals surface area contributed by atoms with Gasteiger partial charge in [0.2, 0.25) is 0 Å². The van der Waals surface area contributed by atoms with Crippen LogP contribution in [0.15, 0.2) is 60.8 Å². The molecule has 0 saturated heterocycles. The van der Waals surface area contributed by atoms with Gasteiger partial charge in [0.05, 0.1) is 0 Å². The minimum absolute atomic E-state index is 0.177. The van der Waals surface area contributed by atoms with E-state index in [4.69, 9.17) is 0 Å². The van der Waals surface area contributed by atoms with Gasteiger partial charge in [-0.1, -0.05) is 30.3 Å². The van der Waals surface area contributed by atoms with Crippen molar-refractivity contribution in [1.82, 2.24) is 4.57 Å². The van der Waals surface area contributed by atoms with E-state index in [9.17, 15) is 4.39 Å². The van der Waals surface area contributed by atoms with Gasteiger partial charge in [0, 0.05) is 23.6 Å². The van der Waals surface area contributed by atoms with Crippen LogP contribution < -0.4 is 0 Å². The predicted octanol–water partition coefficient (Wildman–Crippen LogP) is 4.02. The second-order valence-electron chi connectivity index (χ2n) is 4.45. The van der Waals surface area contributed by atoms with Crippen molar-refractivity contribution in [2.45, 2.75) is 13.0 Å². The molecule has 2 heteroatoms. The maximum absolute atomic E-state index is 13.1. The SMILES string of the molecule is Fc1ccc2c(ccn2CCc2ccccc2)c1. The summed E-state index contributed by atoms with van der Waals surface area (Å²) in [5.41, 5.74) is 2.41. The van der Waals surface area contributed by atoms with E-state index in [0.717, 1.165) is 23.9 Å². The Bertz CT molecular complexity index is 655. The summed E-state index contributed by atoms with van der Waals surface area (Å²) in [5, 5.41) is 0.961. The molecule has 1 heterocycles. The van der Waals surface area contributed by atoms with Crippen molar-refractivity contribution in [2.24, 2.45) is 0 Å². The maximum atomic E-state index is 13.1. The van der Waals surface area contributed by atoms with Crippen LogP contribution in [0.1, 0.15) is 5.56 Å². The largest absolute Gasteiger partial charge is 0.347 e. The van der Waals surface area contributed by atoms with Crippen molar-refractivity contribution in [3.63, 3.8) is 0 Å². The third-order valence-corrected chi connectivity index (χ3v) is 3.22. The number of hydrogen-bond acceptors (Lipinski definition) is 0. The summed E-state index contributed by atoms with van der Waals surface area (Å²) in [6, 6.07) is 17.3. The molecule has 0 radical (unpaired) electrons. The van der Waals surface area contributed by atoms with Crippen LogP contribution in [0.2, 0.25) is 0 Å². The molecule has 0 amide bonds. The van der Waals surface area contributed by atoms with Gasteiger partial charge in [0.15, 0.2) is 0 Å². The van der Waals surface area contributed by atoms with Crippen molar-refractivity contribution in [1.29, 1.82) is 0 Å². The minimum atomic E-state index is -0.177. The van der Waals surface area contributed by atoms with Crippen molar-refractivity contribution < 1.29 is 4.39 Å². The number of benzene rings is 2. The molecular formula is C16H14FN. The highest BCUT2D eigenvalue weighted by Gasteiger charge is 2.02. The van der Waals surface area contributed by atoms with Gasteiger partial charge in [-0.05, 0) is 36.2 Å². The molecule has 0 aliphatic carbocycles. The molecule has 0 aliphatic heterocycles. The predicted molar refractivity (Wildman–Crippen MR) is 72.0 cm³/mol. The zero-order valence-corrected chi connectivity index (χ0v) is 10.0. The molecule has 0 aliphatic rings. The summed E-state index contributed by atoms with van der Waals surface area (Å²) in [6.07, 6.45) is 3.01. The Morgan fingerprint density at radius 1 is 0.944 bits per heavy atom. The molecular weight excluding hydrogens is 225 g/mol. The number of aromatic nitrogens is 1. The molecule has 2 aromatic carbocycles. The highest BCUT2D eigenvalue weighted by Crippen LogP contribution is 2.17. The molecule has 0 atom stereocenters. The van der Waals surface area contributed by atoms with E-state index in [0.29, 0.717) is 0 Å². The van der Waals surface area contributed by atoms with E-state index in [1.54, 1.807) is 6.07 Å². The topological polar surface area (TPSA) is 4.93 Å². The summed E-state index contributed by atoms with van der Waals surface area (Å²) in [5.74, 6) is -0.177. The van der Waals surface area contributed by atoms with Gasteiger partial charge in [-0.15, -0.1) is 0 Å². The van der Waals surface area contributed by atoms with Crippen molar-refractivity contribution in [2.75, 3.05) is 0 Å². The third kappa shape index (κ3) is 2.14. The smallest absolute Gasteiger partial charge is 0.123 e. The van der Waals surface area contributed by atoms with E-state index < -0.39 is 0 Å². The first-order chi connectivity index (χ1) is 8.83. The van der Waals surface area contributed by atoms with Crippen LogP contribution in [0.5, 0.6) is 0 Å². The molecule has 18 heavy (non-hydrogen) atoms. The molecule has 1 nitrogen and oxygen atoms in total.